The monoisotopic (exact) mass is 477 g/mol. The minimum Gasteiger partial charge on any atom is -0.340 e. The van der Waals surface area contributed by atoms with Crippen molar-refractivity contribution in [2.45, 2.75) is 43.0 Å². The van der Waals surface area contributed by atoms with Gasteiger partial charge in [0.2, 0.25) is 0 Å². The van der Waals surface area contributed by atoms with Crippen LogP contribution in [0.15, 0.2) is 53.4 Å². The van der Waals surface area contributed by atoms with Crippen LogP contribution in [0.25, 0.3) is 0 Å². The van der Waals surface area contributed by atoms with Crippen LogP contribution < -0.4 is 4.31 Å². The molecule has 1 aliphatic rings. The maximum atomic E-state index is 13.1. The number of halogens is 1. The first kappa shape index (κ1) is 24.6. The van der Waals surface area contributed by atoms with Gasteiger partial charge in [0.15, 0.2) is 0 Å². The van der Waals surface area contributed by atoms with Crippen LogP contribution >= 0.6 is 11.6 Å². The van der Waals surface area contributed by atoms with E-state index in [1.165, 1.54) is 55.6 Å². The Morgan fingerprint density at radius 3 is 2.34 bits per heavy atom. The molecule has 0 saturated heterocycles. The van der Waals surface area contributed by atoms with Gasteiger partial charge in [-0.2, -0.15) is 0 Å². The molecule has 0 radical (unpaired) electrons. The van der Waals surface area contributed by atoms with Gasteiger partial charge < -0.3 is 9.80 Å². The molecular formula is C24H32ClN3O3S. The predicted octanol–water partition coefficient (Wildman–Crippen LogP) is 4.50. The molecule has 1 amide bonds. The Bertz CT molecular complexity index is 1040. The minimum absolute atomic E-state index is 0.0681. The summed E-state index contributed by atoms with van der Waals surface area (Å²) < 4.78 is 27.4. The molecule has 3 rings (SSSR count). The van der Waals surface area contributed by atoms with Gasteiger partial charge in [0.05, 0.1) is 10.6 Å². The van der Waals surface area contributed by atoms with E-state index in [-0.39, 0.29) is 10.8 Å². The van der Waals surface area contributed by atoms with Crippen molar-refractivity contribution in [2.24, 2.45) is 0 Å². The van der Waals surface area contributed by atoms with Crippen molar-refractivity contribution in [3.05, 3.63) is 59.1 Å². The highest BCUT2D eigenvalue weighted by molar-refractivity contribution is 7.92. The number of hydrogen-bond donors (Lipinski definition) is 0. The van der Waals surface area contributed by atoms with Gasteiger partial charge >= 0.3 is 0 Å². The predicted molar refractivity (Wildman–Crippen MR) is 130 cm³/mol. The molecule has 8 heteroatoms. The van der Waals surface area contributed by atoms with E-state index in [1.54, 1.807) is 48.3 Å². The molecule has 1 aliphatic carbocycles. The molecule has 32 heavy (non-hydrogen) atoms. The van der Waals surface area contributed by atoms with Gasteiger partial charge in [-0.3, -0.25) is 9.10 Å². The summed E-state index contributed by atoms with van der Waals surface area (Å²) >= 11 is 6.01. The molecule has 0 unspecified atom stereocenters. The molecule has 0 aliphatic heterocycles. The minimum atomic E-state index is -3.84. The third-order valence-corrected chi connectivity index (χ3v) is 8.26. The second kappa shape index (κ2) is 10.7. The van der Waals surface area contributed by atoms with E-state index in [0.717, 1.165) is 6.54 Å². The topological polar surface area (TPSA) is 60.9 Å². The lowest BCUT2D eigenvalue weighted by atomic mass is 9.94. The number of nitrogens with zero attached hydrogens (tertiary/aromatic N) is 3. The fraction of sp³-hybridized carbons (Fsp3) is 0.458. The van der Waals surface area contributed by atoms with Crippen molar-refractivity contribution in [3.63, 3.8) is 0 Å². The van der Waals surface area contributed by atoms with Crippen LogP contribution in [0.3, 0.4) is 0 Å². The maximum absolute atomic E-state index is 13.1. The molecule has 6 nitrogen and oxygen atoms in total. The number of rotatable bonds is 8. The second-order valence-corrected chi connectivity index (χ2v) is 10.9. The van der Waals surface area contributed by atoms with Crippen molar-refractivity contribution >= 4 is 33.2 Å². The fourth-order valence-electron chi connectivity index (χ4n) is 4.09. The summed E-state index contributed by atoms with van der Waals surface area (Å²) in [6.45, 7) is 1.38. The quantitative estimate of drug-likeness (QED) is 0.561. The molecule has 0 spiro atoms. The second-order valence-electron chi connectivity index (χ2n) is 8.48. The zero-order chi connectivity index (χ0) is 23.3. The average molecular weight is 478 g/mol. The van der Waals surface area contributed by atoms with Crippen LogP contribution in [0.1, 0.15) is 42.5 Å². The lowest BCUT2D eigenvalue weighted by Gasteiger charge is -2.32. The number of benzene rings is 2. The fourth-order valence-corrected chi connectivity index (χ4v) is 5.51. The Morgan fingerprint density at radius 1 is 0.969 bits per heavy atom. The summed E-state index contributed by atoms with van der Waals surface area (Å²) in [5.41, 5.74) is 0.811. The Hall–Kier alpha value is -2.09. The van der Waals surface area contributed by atoms with Gasteiger partial charge in [0.1, 0.15) is 0 Å². The summed E-state index contributed by atoms with van der Waals surface area (Å²) in [5.74, 6) is -0.190. The third-order valence-electron chi connectivity index (χ3n) is 6.24. The molecule has 2 aromatic carbocycles. The van der Waals surface area contributed by atoms with Crippen molar-refractivity contribution in [1.82, 2.24) is 9.80 Å². The van der Waals surface area contributed by atoms with Gasteiger partial charge in [0, 0.05) is 43.8 Å². The molecule has 1 fully saturated rings. The van der Waals surface area contributed by atoms with Crippen molar-refractivity contribution in [1.29, 1.82) is 0 Å². The highest BCUT2D eigenvalue weighted by atomic mass is 35.5. The molecular weight excluding hydrogens is 446 g/mol. The molecule has 1 saturated carbocycles. The van der Waals surface area contributed by atoms with Crippen LogP contribution in [0.2, 0.25) is 5.02 Å². The van der Waals surface area contributed by atoms with E-state index in [1.807, 2.05) is 0 Å². The summed E-state index contributed by atoms with van der Waals surface area (Å²) in [6.07, 6.45) is 6.29. The SMILES string of the molecule is CN(CCN(C)C1CCCCC1)C(=O)c1cccc(S(=O)(=O)N(C)c2cccc(Cl)c2)c1. The Balaban J connectivity index is 1.69. The molecule has 0 bridgehead atoms. The maximum Gasteiger partial charge on any atom is 0.264 e. The number of amides is 1. The van der Waals surface area contributed by atoms with Gasteiger partial charge in [0.25, 0.3) is 15.9 Å². The smallest absolute Gasteiger partial charge is 0.264 e. The first-order chi connectivity index (χ1) is 15.2. The van der Waals surface area contributed by atoms with Crippen molar-refractivity contribution in [3.8, 4) is 0 Å². The Labute approximate surface area is 196 Å². The number of carbonyl (C=O) groups excluding carboxylic acids is 1. The number of likely N-dealkylation sites (N-methyl/N-ethyl adjacent to an activating group) is 2. The highest BCUT2D eigenvalue weighted by Crippen LogP contribution is 2.25. The summed E-state index contributed by atoms with van der Waals surface area (Å²) in [6, 6.07) is 13.4. The van der Waals surface area contributed by atoms with E-state index >= 15 is 0 Å². The molecule has 174 valence electrons. The van der Waals surface area contributed by atoms with Crippen LogP contribution in [0, 0.1) is 0 Å². The van der Waals surface area contributed by atoms with Crippen molar-refractivity contribution < 1.29 is 13.2 Å². The summed E-state index contributed by atoms with van der Waals surface area (Å²) in [4.78, 5) is 17.0. The molecule has 0 heterocycles. The first-order valence-electron chi connectivity index (χ1n) is 11.0. The molecule has 2 aromatic rings. The highest BCUT2D eigenvalue weighted by Gasteiger charge is 2.24. The van der Waals surface area contributed by atoms with Gasteiger partial charge in [-0.05, 0) is 56.3 Å². The Morgan fingerprint density at radius 2 is 1.66 bits per heavy atom. The number of anilines is 1. The van der Waals surface area contributed by atoms with Gasteiger partial charge in [-0.25, -0.2) is 8.42 Å². The van der Waals surface area contributed by atoms with Crippen LogP contribution in [0.5, 0.6) is 0 Å². The zero-order valence-corrected chi connectivity index (χ0v) is 20.6. The molecule has 0 aromatic heterocycles. The lowest BCUT2D eigenvalue weighted by molar-refractivity contribution is 0.0767. The van der Waals surface area contributed by atoms with Crippen LogP contribution in [-0.4, -0.2) is 64.4 Å². The zero-order valence-electron chi connectivity index (χ0n) is 19.0. The van der Waals surface area contributed by atoms with Crippen molar-refractivity contribution in [2.75, 3.05) is 38.5 Å². The summed E-state index contributed by atoms with van der Waals surface area (Å²) in [5, 5.41) is 0.452. The van der Waals surface area contributed by atoms with E-state index in [0.29, 0.717) is 28.9 Å². The van der Waals surface area contributed by atoms with Crippen LogP contribution in [-0.2, 0) is 10.0 Å². The largest absolute Gasteiger partial charge is 0.340 e. The lowest BCUT2D eigenvalue weighted by Crippen LogP contribution is -2.40. The van der Waals surface area contributed by atoms with Gasteiger partial charge in [-0.1, -0.05) is 43.0 Å². The number of hydrogen-bond acceptors (Lipinski definition) is 4. The number of carbonyl (C=O) groups is 1. The first-order valence-corrected chi connectivity index (χ1v) is 12.8. The van der Waals surface area contributed by atoms with Gasteiger partial charge in [-0.15, -0.1) is 0 Å². The van der Waals surface area contributed by atoms with E-state index < -0.39 is 10.0 Å². The standard InChI is InChI=1S/C24H32ClN3O3S/c1-26(21-11-5-4-6-12-21)15-16-27(2)24(29)19-9-7-14-23(17-19)32(30,31)28(3)22-13-8-10-20(25)18-22/h7-10,13-14,17-18,21H,4-6,11-12,15-16H2,1-3H3. The normalized spacial score (nSPS) is 15.0. The third kappa shape index (κ3) is 5.82. The van der Waals surface area contributed by atoms with Crippen LogP contribution in [0.4, 0.5) is 5.69 Å². The molecule has 0 N–H and O–H groups in total. The van der Waals surface area contributed by atoms with E-state index in [4.69, 9.17) is 11.6 Å². The average Bonchev–Trinajstić information content (AvgIpc) is 2.81. The summed E-state index contributed by atoms with van der Waals surface area (Å²) in [7, 11) is 1.52. The number of sulfonamides is 1. The van der Waals surface area contributed by atoms with E-state index in [2.05, 4.69) is 11.9 Å². The molecule has 0 atom stereocenters. The van der Waals surface area contributed by atoms with E-state index in [9.17, 15) is 13.2 Å². The Kier molecular flexibility index (Phi) is 8.20.